The lowest BCUT2D eigenvalue weighted by atomic mass is 10.3. The van der Waals surface area contributed by atoms with E-state index in [1.807, 2.05) is 0 Å². The summed E-state index contributed by atoms with van der Waals surface area (Å²) in [6.45, 7) is 3.83. The van der Waals surface area contributed by atoms with Crippen molar-refractivity contribution in [2.75, 3.05) is 67.4 Å². The zero-order chi connectivity index (χ0) is 14.3. The summed E-state index contributed by atoms with van der Waals surface area (Å²) >= 11 is 0. The molecular formula is C12H25NO6. The Labute approximate surface area is 114 Å². The molecule has 0 aromatic heterocycles. The first-order chi connectivity index (χ1) is 9.24. The molecule has 0 aliphatic rings. The van der Waals surface area contributed by atoms with E-state index in [2.05, 4.69) is 14.7 Å². The van der Waals surface area contributed by atoms with E-state index in [4.69, 9.17) is 14.2 Å². The lowest BCUT2D eigenvalue weighted by Gasteiger charge is -2.20. The van der Waals surface area contributed by atoms with Crippen LogP contribution >= 0.6 is 0 Å². The van der Waals surface area contributed by atoms with Crippen molar-refractivity contribution in [1.82, 2.24) is 4.90 Å². The van der Waals surface area contributed by atoms with Gasteiger partial charge in [-0.2, -0.15) is 0 Å². The molecule has 0 bridgehead atoms. The summed E-state index contributed by atoms with van der Waals surface area (Å²) in [5.41, 5.74) is 0. The topological polar surface area (TPSA) is 66.5 Å². The third-order valence-corrected chi connectivity index (χ3v) is 2.40. The molecule has 114 valence electrons. The Balaban J connectivity index is 3.71. The molecule has 7 nitrogen and oxygen atoms in total. The first-order valence-electron chi connectivity index (χ1n) is 6.26. The maximum atomic E-state index is 11.5. The smallest absolute Gasteiger partial charge is 0.307 e. The van der Waals surface area contributed by atoms with E-state index in [1.54, 1.807) is 14.2 Å². The van der Waals surface area contributed by atoms with Gasteiger partial charge in [0.05, 0.1) is 26.7 Å². The number of carbonyl (C=O) groups excluding carboxylic acids is 1. The van der Waals surface area contributed by atoms with E-state index in [1.165, 1.54) is 7.11 Å². The van der Waals surface area contributed by atoms with Crippen LogP contribution in [0, 0.1) is 0 Å². The molecule has 0 aliphatic carbocycles. The Bertz CT molecular complexity index is 206. The summed E-state index contributed by atoms with van der Waals surface area (Å²) in [4.78, 5) is 22.5. The van der Waals surface area contributed by atoms with Crippen molar-refractivity contribution in [3.05, 3.63) is 0 Å². The Morgan fingerprint density at radius 3 is 2.05 bits per heavy atom. The van der Waals surface area contributed by atoms with Crippen LogP contribution in [0.25, 0.3) is 0 Å². The molecule has 0 unspecified atom stereocenters. The molecule has 0 N–H and O–H groups in total. The molecule has 19 heavy (non-hydrogen) atoms. The predicted octanol–water partition coefficient (Wildman–Crippen LogP) is 0.0925. The van der Waals surface area contributed by atoms with Crippen molar-refractivity contribution in [3.8, 4) is 0 Å². The summed E-state index contributed by atoms with van der Waals surface area (Å²) in [5.74, 6) is -0.250. The third-order valence-electron chi connectivity index (χ3n) is 2.40. The van der Waals surface area contributed by atoms with Crippen LogP contribution in [-0.2, 0) is 28.8 Å². The fraction of sp³-hybridized carbons (Fsp3) is 0.917. The molecule has 0 heterocycles. The Kier molecular flexibility index (Phi) is 13.2. The molecule has 0 atom stereocenters. The fourth-order valence-electron chi connectivity index (χ4n) is 1.37. The molecule has 0 saturated carbocycles. The number of nitrogens with zero attached hydrogens (tertiary/aromatic N) is 1. The summed E-state index contributed by atoms with van der Waals surface area (Å²) in [7, 11) is 4.71. The van der Waals surface area contributed by atoms with Crippen molar-refractivity contribution >= 4 is 5.97 Å². The van der Waals surface area contributed by atoms with Gasteiger partial charge in [-0.15, -0.1) is 0 Å². The molecule has 0 saturated heterocycles. The number of rotatable bonds is 13. The number of hydrogen-bond donors (Lipinski definition) is 0. The fourth-order valence-corrected chi connectivity index (χ4v) is 1.37. The van der Waals surface area contributed by atoms with Crippen molar-refractivity contribution < 1.29 is 28.8 Å². The van der Waals surface area contributed by atoms with Gasteiger partial charge in [0.1, 0.15) is 13.2 Å². The molecule has 0 radical (unpaired) electrons. The SMILES string of the molecule is COCCN(CCOC)CCC(=O)OCCOOC. The van der Waals surface area contributed by atoms with Crippen molar-refractivity contribution in [2.45, 2.75) is 6.42 Å². The van der Waals surface area contributed by atoms with Crippen LogP contribution in [0.3, 0.4) is 0 Å². The van der Waals surface area contributed by atoms with E-state index in [-0.39, 0.29) is 19.2 Å². The van der Waals surface area contributed by atoms with Gasteiger partial charge in [0.2, 0.25) is 0 Å². The van der Waals surface area contributed by atoms with Crippen LogP contribution in [0.15, 0.2) is 0 Å². The van der Waals surface area contributed by atoms with Gasteiger partial charge >= 0.3 is 5.97 Å². The van der Waals surface area contributed by atoms with Gasteiger partial charge in [-0.25, -0.2) is 9.78 Å². The minimum Gasteiger partial charge on any atom is -0.463 e. The number of hydrogen-bond acceptors (Lipinski definition) is 7. The average molecular weight is 279 g/mol. The standard InChI is InChI=1S/C12H25NO6/c1-15-8-6-13(7-9-16-2)5-4-12(14)18-10-11-19-17-3/h4-11H2,1-3H3. The Hall–Kier alpha value is -0.730. The van der Waals surface area contributed by atoms with Gasteiger partial charge in [0.25, 0.3) is 0 Å². The van der Waals surface area contributed by atoms with E-state index in [0.717, 1.165) is 13.1 Å². The average Bonchev–Trinajstić information content (AvgIpc) is 2.42. The van der Waals surface area contributed by atoms with Gasteiger partial charge in [-0.3, -0.25) is 9.69 Å². The van der Waals surface area contributed by atoms with Gasteiger partial charge in [0.15, 0.2) is 0 Å². The van der Waals surface area contributed by atoms with E-state index >= 15 is 0 Å². The lowest BCUT2D eigenvalue weighted by molar-refractivity contribution is -0.276. The maximum Gasteiger partial charge on any atom is 0.307 e. The zero-order valence-electron chi connectivity index (χ0n) is 12.1. The molecule has 0 amide bonds. The number of methoxy groups -OCH3 is 2. The van der Waals surface area contributed by atoms with Crippen molar-refractivity contribution in [2.24, 2.45) is 0 Å². The normalized spacial score (nSPS) is 10.9. The first kappa shape index (κ1) is 18.3. The number of carbonyl (C=O) groups is 1. The summed E-state index contributed by atoms with van der Waals surface area (Å²) < 4.78 is 15.0. The van der Waals surface area contributed by atoms with Gasteiger partial charge in [-0.05, 0) is 0 Å². The van der Waals surface area contributed by atoms with Gasteiger partial charge < -0.3 is 14.2 Å². The summed E-state index contributed by atoms with van der Waals surface area (Å²) in [5, 5.41) is 0. The summed E-state index contributed by atoms with van der Waals surface area (Å²) in [6, 6.07) is 0. The van der Waals surface area contributed by atoms with Gasteiger partial charge in [-0.1, -0.05) is 0 Å². The minimum absolute atomic E-state index is 0.197. The molecule has 0 rings (SSSR count). The highest BCUT2D eigenvalue weighted by Gasteiger charge is 2.09. The molecule has 7 heteroatoms. The van der Waals surface area contributed by atoms with Crippen LogP contribution in [0.5, 0.6) is 0 Å². The van der Waals surface area contributed by atoms with E-state index in [0.29, 0.717) is 26.2 Å². The number of esters is 1. The third kappa shape index (κ3) is 12.1. The Morgan fingerprint density at radius 1 is 0.895 bits per heavy atom. The Morgan fingerprint density at radius 2 is 1.53 bits per heavy atom. The maximum absolute atomic E-state index is 11.5. The van der Waals surface area contributed by atoms with Crippen LogP contribution < -0.4 is 0 Å². The largest absolute Gasteiger partial charge is 0.463 e. The molecule has 0 fully saturated rings. The monoisotopic (exact) mass is 279 g/mol. The van der Waals surface area contributed by atoms with Crippen LogP contribution in [0.4, 0.5) is 0 Å². The second kappa shape index (κ2) is 13.7. The highest BCUT2D eigenvalue weighted by Crippen LogP contribution is 1.95. The van der Waals surface area contributed by atoms with Crippen LogP contribution in [-0.4, -0.2) is 78.3 Å². The van der Waals surface area contributed by atoms with Crippen molar-refractivity contribution in [1.29, 1.82) is 0 Å². The molecular weight excluding hydrogens is 254 g/mol. The predicted molar refractivity (Wildman–Crippen MR) is 68.7 cm³/mol. The molecule has 0 aromatic rings. The van der Waals surface area contributed by atoms with E-state index < -0.39 is 0 Å². The highest BCUT2D eigenvalue weighted by atomic mass is 17.2. The van der Waals surface area contributed by atoms with E-state index in [9.17, 15) is 4.79 Å². The lowest BCUT2D eigenvalue weighted by Crippen LogP contribution is -2.33. The summed E-state index contributed by atoms with van der Waals surface area (Å²) in [6.07, 6.45) is 0.334. The molecule has 0 aromatic carbocycles. The first-order valence-corrected chi connectivity index (χ1v) is 6.26. The van der Waals surface area contributed by atoms with Gasteiger partial charge in [0, 0.05) is 33.9 Å². The van der Waals surface area contributed by atoms with Crippen LogP contribution in [0.2, 0.25) is 0 Å². The second-order valence-electron chi connectivity index (χ2n) is 3.79. The molecule has 0 spiro atoms. The quantitative estimate of drug-likeness (QED) is 0.205. The highest BCUT2D eigenvalue weighted by molar-refractivity contribution is 5.69. The minimum atomic E-state index is -0.250. The van der Waals surface area contributed by atoms with Crippen molar-refractivity contribution in [3.63, 3.8) is 0 Å². The van der Waals surface area contributed by atoms with Crippen LogP contribution in [0.1, 0.15) is 6.42 Å². The molecule has 0 aliphatic heterocycles. The zero-order valence-corrected chi connectivity index (χ0v) is 12.1. The number of ether oxygens (including phenoxy) is 3. The second-order valence-corrected chi connectivity index (χ2v) is 3.79.